The van der Waals surface area contributed by atoms with Gasteiger partial charge in [0.2, 0.25) is 11.8 Å². The Morgan fingerprint density at radius 1 is 0.805 bits per heavy atom. The Morgan fingerprint density at radius 3 is 1.88 bits per heavy atom. The molecule has 224 valence electrons. The van der Waals surface area contributed by atoms with Gasteiger partial charge in [0.1, 0.15) is 18.7 Å². The fourth-order valence-corrected chi connectivity index (χ4v) is 4.35. The van der Waals surface area contributed by atoms with Gasteiger partial charge in [-0.05, 0) is 49.7 Å². The molecule has 3 amide bonds. The second-order valence-corrected chi connectivity index (χ2v) is 11.6. The van der Waals surface area contributed by atoms with Crippen LogP contribution in [-0.4, -0.2) is 49.1 Å². The quantitative estimate of drug-likeness (QED) is 0.291. The van der Waals surface area contributed by atoms with Crippen molar-refractivity contribution >= 4 is 23.9 Å². The van der Waals surface area contributed by atoms with Crippen molar-refractivity contribution in [1.82, 2.24) is 16.0 Å². The Balaban J connectivity index is 2.24. The predicted molar refractivity (Wildman–Crippen MR) is 158 cm³/mol. The molecule has 0 bridgehead atoms. The molecule has 0 saturated heterocycles. The zero-order valence-electron chi connectivity index (χ0n) is 25.2. The number of carbonyl (C=O) groups excluding carboxylic acids is 4. The molecule has 3 N–H and O–H groups in total. The van der Waals surface area contributed by atoms with E-state index >= 15 is 0 Å². The topological polar surface area (TPSA) is 123 Å². The monoisotopic (exact) mass is 567 g/mol. The third-order valence-corrected chi connectivity index (χ3v) is 6.99. The van der Waals surface area contributed by atoms with E-state index < -0.39 is 47.4 Å². The second kappa shape index (κ2) is 15.8. The van der Waals surface area contributed by atoms with E-state index in [4.69, 9.17) is 9.47 Å². The smallest absolute Gasteiger partial charge is 0.408 e. The summed E-state index contributed by atoms with van der Waals surface area (Å²) in [7, 11) is 1.29. The number of carbonyl (C=O) groups is 4. The maximum Gasteiger partial charge on any atom is 0.408 e. The van der Waals surface area contributed by atoms with Gasteiger partial charge in [-0.25, -0.2) is 9.59 Å². The molecule has 0 fully saturated rings. The number of hydrogen-bond acceptors (Lipinski definition) is 6. The van der Waals surface area contributed by atoms with Crippen molar-refractivity contribution in [3.05, 3.63) is 71.8 Å². The molecular formula is C32H45N3O6. The van der Waals surface area contributed by atoms with Gasteiger partial charge in [0.25, 0.3) is 0 Å². The number of alkyl carbamates (subject to hydrolysis) is 1. The van der Waals surface area contributed by atoms with E-state index in [0.717, 1.165) is 11.1 Å². The Morgan fingerprint density at radius 2 is 1.37 bits per heavy atom. The highest BCUT2D eigenvalue weighted by Gasteiger charge is 2.41. The first-order chi connectivity index (χ1) is 19.3. The van der Waals surface area contributed by atoms with Gasteiger partial charge in [-0.1, -0.05) is 88.4 Å². The molecule has 2 rings (SSSR count). The maximum absolute atomic E-state index is 13.6. The molecule has 0 aromatic heterocycles. The van der Waals surface area contributed by atoms with E-state index in [9.17, 15) is 19.2 Å². The third kappa shape index (κ3) is 10.6. The van der Waals surface area contributed by atoms with Crippen molar-refractivity contribution in [2.75, 3.05) is 7.11 Å². The van der Waals surface area contributed by atoms with Gasteiger partial charge in [-0.2, -0.15) is 0 Å². The van der Waals surface area contributed by atoms with Crippen LogP contribution in [0.25, 0.3) is 0 Å². The lowest BCUT2D eigenvalue weighted by molar-refractivity contribution is -0.147. The van der Waals surface area contributed by atoms with Crippen molar-refractivity contribution in [2.24, 2.45) is 17.3 Å². The first-order valence-electron chi connectivity index (χ1n) is 14.0. The number of methoxy groups -OCH3 is 1. The van der Waals surface area contributed by atoms with E-state index in [0.29, 0.717) is 12.8 Å². The molecule has 0 spiro atoms. The fraction of sp³-hybridized carbons (Fsp3) is 0.500. The minimum absolute atomic E-state index is 0.0701. The number of amides is 3. The average Bonchev–Trinajstić information content (AvgIpc) is 2.94. The van der Waals surface area contributed by atoms with E-state index in [-0.39, 0.29) is 18.4 Å². The van der Waals surface area contributed by atoms with Crippen LogP contribution in [0, 0.1) is 17.3 Å². The van der Waals surface area contributed by atoms with Gasteiger partial charge < -0.3 is 25.4 Å². The van der Waals surface area contributed by atoms with Crippen LogP contribution < -0.4 is 16.0 Å². The lowest BCUT2D eigenvalue weighted by Crippen LogP contribution is -2.59. The summed E-state index contributed by atoms with van der Waals surface area (Å²) in [5, 5.41) is 8.54. The highest BCUT2D eigenvalue weighted by molar-refractivity contribution is 5.90. The molecule has 9 nitrogen and oxygen atoms in total. The lowest BCUT2D eigenvalue weighted by Gasteiger charge is -2.36. The molecule has 9 heteroatoms. The van der Waals surface area contributed by atoms with Gasteiger partial charge in [-0.15, -0.1) is 0 Å². The number of benzene rings is 2. The van der Waals surface area contributed by atoms with Crippen LogP contribution in [0.5, 0.6) is 0 Å². The van der Waals surface area contributed by atoms with Crippen molar-refractivity contribution in [3.63, 3.8) is 0 Å². The number of nitrogens with one attached hydrogen (secondary N) is 3. The van der Waals surface area contributed by atoms with Gasteiger partial charge in [-0.3, -0.25) is 9.59 Å². The lowest BCUT2D eigenvalue weighted by atomic mass is 9.79. The van der Waals surface area contributed by atoms with Crippen molar-refractivity contribution in [1.29, 1.82) is 0 Å². The molecule has 41 heavy (non-hydrogen) atoms. The molecule has 0 unspecified atom stereocenters. The molecule has 0 saturated carbocycles. The summed E-state index contributed by atoms with van der Waals surface area (Å²) in [5.74, 6) is -1.48. The van der Waals surface area contributed by atoms with Gasteiger partial charge in [0.15, 0.2) is 0 Å². The van der Waals surface area contributed by atoms with Crippen molar-refractivity contribution in [2.45, 2.75) is 79.1 Å². The fourth-order valence-electron chi connectivity index (χ4n) is 4.35. The number of esters is 1. The minimum Gasteiger partial charge on any atom is -0.467 e. The summed E-state index contributed by atoms with van der Waals surface area (Å²) in [6.45, 7) is 11.1. The molecule has 0 aliphatic rings. The van der Waals surface area contributed by atoms with Gasteiger partial charge >= 0.3 is 12.1 Å². The molecular weight excluding hydrogens is 522 g/mol. The van der Waals surface area contributed by atoms with E-state index in [1.807, 2.05) is 88.4 Å². The minimum atomic E-state index is -1.13. The van der Waals surface area contributed by atoms with Crippen molar-refractivity contribution < 1.29 is 28.7 Å². The Kier molecular flexibility index (Phi) is 12.8. The van der Waals surface area contributed by atoms with Gasteiger partial charge in [0.05, 0.1) is 12.5 Å². The summed E-state index contributed by atoms with van der Waals surface area (Å²) >= 11 is 0. The second-order valence-electron chi connectivity index (χ2n) is 11.6. The van der Waals surface area contributed by atoms with Gasteiger partial charge in [0, 0.05) is 6.04 Å². The van der Waals surface area contributed by atoms with Crippen LogP contribution in [0.1, 0.15) is 59.1 Å². The zero-order chi connectivity index (χ0) is 30.6. The molecule has 0 aliphatic carbocycles. The first-order valence-corrected chi connectivity index (χ1v) is 14.0. The average molecular weight is 568 g/mol. The largest absolute Gasteiger partial charge is 0.467 e. The summed E-state index contributed by atoms with van der Waals surface area (Å²) in [6, 6.07) is 16.4. The summed E-state index contributed by atoms with van der Waals surface area (Å²) in [4.78, 5) is 52.2. The normalized spacial score (nSPS) is 13.6. The van der Waals surface area contributed by atoms with Crippen LogP contribution in [0.15, 0.2) is 60.7 Å². The summed E-state index contributed by atoms with van der Waals surface area (Å²) in [6.07, 6.45) is 0.0479. The zero-order valence-corrected chi connectivity index (χ0v) is 25.2. The molecule has 0 heterocycles. The highest BCUT2D eigenvalue weighted by Crippen LogP contribution is 2.26. The number of hydrogen-bond donors (Lipinski definition) is 3. The van der Waals surface area contributed by atoms with Crippen LogP contribution in [0.3, 0.4) is 0 Å². The number of ether oxygens (including phenoxy) is 2. The first kappa shape index (κ1) is 33.3. The summed E-state index contributed by atoms with van der Waals surface area (Å²) < 4.78 is 10.3. The van der Waals surface area contributed by atoms with Crippen LogP contribution in [0.4, 0.5) is 4.79 Å². The third-order valence-electron chi connectivity index (χ3n) is 6.99. The molecule has 3 atom stereocenters. The van der Waals surface area contributed by atoms with Crippen LogP contribution in [0.2, 0.25) is 0 Å². The SMILES string of the molecule is COC(=O)[C@H](CC(C)C)NC(=O)C(C)(C)[C@H](Cc1ccccc1)NC(=O)[C@@H](NC(=O)OCc1ccccc1)C(C)C. The Hall–Kier alpha value is -3.88. The molecule has 0 radical (unpaired) electrons. The molecule has 2 aromatic rings. The van der Waals surface area contributed by atoms with Crippen LogP contribution >= 0.6 is 0 Å². The van der Waals surface area contributed by atoms with E-state index in [1.54, 1.807) is 13.8 Å². The standard InChI is InChI=1S/C32H45N3O6/c1-21(2)18-25(29(37)40-7)33-30(38)32(5,6)26(19-23-14-10-8-11-15-23)34-28(36)27(22(3)4)35-31(39)41-20-24-16-12-9-13-17-24/h8-17,21-22,25-27H,18-20H2,1-7H3,(H,33,38)(H,34,36)(H,35,39)/t25-,26-,27-/m0/s1. The Labute approximate surface area is 243 Å². The number of rotatable bonds is 14. The van der Waals surface area contributed by atoms with Crippen molar-refractivity contribution in [3.8, 4) is 0 Å². The van der Waals surface area contributed by atoms with E-state index in [1.165, 1.54) is 7.11 Å². The van der Waals surface area contributed by atoms with Crippen LogP contribution in [-0.2, 0) is 36.9 Å². The predicted octanol–water partition coefficient (Wildman–Crippen LogP) is 4.40. The summed E-state index contributed by atoms with van der Waals surface area (Å²) in [5.41, 5.74) is 0.609. The van der Waals surface area contributed by atoms with E-state index in [2.05, 4.69) is 16.0 Å². The molecule has 0 aliphatic heterocycles. The Bertz CT molecular complexity index is 1130. The highest BCUT2D eigenvalue weighted by atomic mass is 16.5. The maximum atomic E-state index is 13.6. The molecule has 2 aromatic carbocycles.